The molecule has 3 rings (SSSR count). The molecule has 0 heteroatoms. The molecule has 0 aliphatic carbocycles. The largest absolute Gasteiger partial charge is 0.0622 e. The number of benzene rings is 3. The Bertz CT molecular complexity index is 750. The molecule has 0 aliphatic heterocycles. The molecule has 0 bridgehead atoms. The van der Waals surface area contributed by atoms with E-state index in [1.165, 1.54) is 33.4 Å². The molecule has 0 fully saturated rings. The highest BCUT2D eigenvalue weighted by molar-refractivity contribution is 5.75. The van der Waals surface area contributed by atoms with Gasteiger partial charge in [0, 0.05) is 0 Å². The van der Waals surface area contributed by atoms with Crippen molar-refractivity contribution in [3.63, 3.8) is 0 Å². The molecule has 0 aromatic heterocycles. The van der Waals surface area contributed by atoms with E-state index >= 15 is 0 Å². The lowest BCUT2D eigenvalue weighted by atomic mass is 9.94. The first-order chi connectivity index (χ1) is 10.6. The zero-order valence-electron chi connectivity index (χ0n) is 13.5. The zero-order chi connectivity index (χ0) is 15.5. The van der Waals surface area contributed by atoms with Crippen molar-refractivity contribution in [2.75, 3.05) is 0 Å². The average Bonchev–Trinajstić information content (AvgIpc) is 2.56. The molecule has 0 radical (unpaired) electrons. The van der Waals surface area contributed by atoms with Crippen LogP contribution in [0.5, 0.6) is 0 Å². The maximum absolute atomic E-state index is 2.30. The second kappa shape index (κ2) is 6.19. The molecule has 0 aliphatic rings. The van der Waals surface area contributed by atoms with Gasteiger partial charge in [0.05, 0.1) is 0 Å². The maximum atomic E-state index is 2.30. The van der Waals surface area contributed by atoms with E-state index in [4.69, 9.17) is 0 Å². The van der Waals surface area contributed by atoms with Crippen LogP contribution in [0.4, 0.5) is 0 Å². The SMILES string of the molecule is Cc1ccc(-c2ccc(C(C)C)cc2)cc1-c1ccccc1. The number of hydrogen-bond acceptors (Lipinski definition) is 0. The van der Waals surface area contributed by atoms with Crippen molar-refractivity contribution >= 4 is 0 Å². The molecule has 0 heterocycles. The number of hydrogen-bond donors (Lipinski definition) is 0. The van der Waals surface area contributed by atoms with Crippen molar-refractivity contribution < 1.29 is 0 Å². The molecule has 0 spiro atoms. The van der Waals surface area contributed by atoms with E-state index < -0.39 is 0 Å². The third kappa shape index (κ3) is 2.96. The summed E-state index contributed by atoms with van der Waals surface area (Å²) in [6, 6.07) is 26.3. The van der Waals surface area contributed by atoms with Crippen molar-refractivity contribution in [3.05, 3.63) is 83.9 Å². The van der Waals surface area contributed by atoms with Crippen LogP contribution in [-0.2, 0) is 0 Å². The fraction of sp³-hybridized carbons (Fsp3) is 0.182. The van der Waals surface area contributed by atoms with Crippen molar-refractivity contribution in [1.82, 2.24) is 0 Å². The van der Waals surface area contributed by atoms with Crippen molar-refractivity contribution in [3.8, 4) is 22.3 Å². The molecule has 3 aromatic rings. The smallest absolute Gasteiger partial charge is 0.0149 e. The van der Waals surface area contributed by atoms with E-state index in [9.17, 15) is 0 Å². The monoisotopic (exact) mass is 286 g/mol. The molecule has 0 N–H and O–H groups in total. The molecule has 0 nitrogen and oxygen atoms in total. The standard InChI is InChI=1S/C22H22/c1-16(2)18-11-13-19(14-12-18)21-10-9-17(3)22(15-21)20-7-5-4-6-8-20/h4-16H,1-3H3. The first kappa shape index (κ1) is 14.6. The summed E-state index contributed by atoms with van der Waals surface area (Å²) in [6.45, 7) is 6.64. The van der Waals surface area contributed by atoms with Gasteiger partial charge in [-0.2, -0.15) is 0 Å². The molecule has 22 heavy (non-hydrogen) atoms. The van der Waals surface area contributed by atoms with Crippen LogP contribution in [0.15, 0.2) is 72.8 Å². The van der Waals surface area contributed by atoms with Gasteiger partial charge in [0.1, 0.15) is 0 Å². The third-order valence-corrected chi connectivity index (χ3v) is 4.23. The Morgan fingerprint density at radius 2 is 1.27 bits per heavy atom. The minimum atomic E-state index is 0.576. The lowest BCUT2D eigenvalue weighted by Gasteiger charge is -2.11. The first-order valence-electron chi connectivity index (χ1n) is 7.91. The molecule has 3 aromatic carbocycles. The van der Waals surface area contributed by atoms with Crippen LogP contribution in [0.3, 0.4) is 0 Å². The topological polar surface area (TPSA) is 0 Å². The molecule has 0 amide bonds. The second-order valence-corrected chi connectivity index (χ2v) is 6.17. The van der Waals surface area contributed by atoms with E-state index in [2.05, 4.69) is 93.6 Å². The first-order valence-corrected chi connectivity index (χ1v) is 7.91. The van der Waals surface area contributed by atoms with E-state index in [0.717, 1.165) is 0 Å². The van der Waals surface area contributed by atoms with E-state index in [1.54, 1.807) is 0 Å². The van der Waals surface area contributed by atoms with Crippen LogP contribution in [0, 0.1) is 6.92 Å². The van der Waals surface area contributed by atoms with Gasteiger partial charge in [0.25, 0.3) is 0 Å². The third-order valence-electron chi connectivity index (χ3n) is 4.23. The Labute approximate surface area is 133 Å². The van der Waals surface area contributed by atoms with Crippen LogP contribution in [0.25, 0.3) is 22.3 Å². The van der Waals surface area contributed by atoms with Crippen molar-refractivity contribution in [1.29, 1.82) is 0 Å². The minimum absolute atomic E-state index is 0.576. The predicted molar refractivity (Wildman–Crippen MR) is 96.1 cm³/mol. The number of rotatable bonds is 3. The summed E-state index contributed by atoms with van der Waals surface area (Å²) >= 11 is 0. The molecular weight excluding hydrogens is 264 g/mol. The van der Waals surface area contributed by atoms with Crippen LogP contribution in [-0.4, -0.2) is 0 Å². The Morgan fingerprint density at radius 1 is 0.636 bits per heavy atom. The summed E-state index contributed by atoms with van der Waals surface area (Å²) in [5.74, 6) is 0.576. The number of aryl methyl sites for hydroxylation is 1. The Hall–Kier alpha value is -2.34. The molecule has 0 unspecified atom stereocenters. The summed E-state index contributed by atoms with van der Waals surface area (Å²) in [4.78, 5) is 0. The lowest BCUT2D eigenvalue weighted by molar-refractivity contribution is 0.867. The van der Waals surface area contributed by atoms with Crippen LogP contribution < -0.4 is 0 Å². The molecule has 0 atom stereocenters. The predicted octanol–water partition coefficient (Wildman–Crippen LogP) is 6.45. The van der Waals surface area contributed by atoms with Gasteiger partial charge < -0.3 is 0 Å². The second-order valence-electron chi connectivity index (χ2n) is 6.17. The van der Waals surface area contributed by atoms with Crippen LogP contribution in [0.2, 0.25) is 0 Å². The molecule has 0 saturated heterocycles. The van der Waals surface area contributed by atoms with Gasteiger partial charge in [-0.25, -0.2) is 0 Å². The van der Waals surface area contributed by atoms with Crippen molar-refractivity contribution in [2.24, 2.45) is 0 Å². The van der Waals surface area contributed by atoms with Gasteiger partial charge in [0.2, 0.25) is 0 Å². The lowest BCUT2D eigenvalue weighted by Crippen LogP contribution is -1.88. The summed E-state index contributed by atoms with van der Waals surface area (Å²) < 4.78 is 0. The van der Waals surface area contributed by atoms with Gasteiger partial charge in [-0.05, 0) is 52.3 Å². The molecular formula is C22H22. The summed E-state index contributed by atoms with van der Waals surface area (Å²) in [6.07, 6.45) is 0. The Morgan fingerprint density at radius 3 is 1.91 bits per heavy atom. The minimum Gasteiger partial charge on any atom is -0.0622 e. The summed E-state index contributed by atoms with van der Waals surface area (Å²) in [5.41, 5.74) is 7.85. The fourth-order valence-electron chi connectivity index (χ4n) is 2.79. The quantitative estimate of drug-likeness (QED) is 0.519. The highest BCUT2D eigenvalue weighted by Gasteiger charge is 2.05. The average molecular weight is 286 g/mol. The van der Waals surface area contributed by atoms with Gasteiger partial charge in [-0.3, -0.25) is 0 Å². The molecule has 0 saturated carbocycles. The van der Waals surface area contributed by atoms with E-state index in [-0.39, 0.29) is 0 Å². The van der Waals surface area contributed by atoms with Crippen LogP contribution >= 0.6 is 0 Å². The van der Waals surface area contributed by atoms with Crippen LogP contribution in [0.1, 0.15) is 30.9 Å². The summed E-state index contributed by atoms with van der Waals surface area (Å²) in [5, 5.41) is 0. The Balaban J connectivity index is 2.02. The van der Waals surface area contributed by atoms with Gasteiger partial charge in [0.15, 0.2) is 0 Å². The highest BCUT2D eigenvalue weighted by atomic mass is 14.1. The van der Waals surface area contributed by atoms with Crippen molar-refractivity contribution in [2.45, 2.75) is 26.7 Å². The normalized spacial score (nSPS) is 10.9. The van der Waals surface area contributed by atoms with Gasteiger partial charge >= 0.3 is 0 Å². The zero-order valence-corrected chi connectivity index (χ0v) is 13.5. The van der Waals surface area contributed by atoms with Gasteiger partial charge in [-0.1, -0.05) is 80.6 Å². The maximum Gasteiger partial charge on any atom is -0.0149 e. The Kier molecular flexibility index (Phi) is 4.11. The summed E-state index contributed by atoms with van der Waals surface area (Å²) in [7, 11) is 0. The van der Waals surface area contributed by atoms with Gasteiger partial charge in [-0.15, -0.1) is 0 Å². The molecule has 110 valence electrons. The van der Waals surface area contributed by atoms with E-state index in [0.29, 0.717) is 5.92 Å². The fourth-order valence-corrected chi connectivity index (χ4v) is 2.79. The van der Waals surface area contributed by atoms with E-state index in [1.807, 2.05) is 0 Å². The highest BCUT2D eigenvalue weighted by Crippen LogP contribution is 2.30.